The van der Waals surface area contributed by atoms with Gasteiger partial charge in [-0.1, -0.05) is 58.4 Å². The Bertz CT molecular complexity index is 668. The minimum Gasteiger partial charge on any atom is -0.453 e. The van der Waals surface area contributed by atoms with Crippen LogP contribution in [0.3, 0.4) is 0 Å². The van der Waals surface area contributed by atoms with E-state index in [9.17, 15) is 4.79 Å². The molecule has 1 fully saturated rings. The van der Waals surface area contributed by atoms with Crippen molar-refractivity contribution in [3.05, 3.63) is 70.2 Å². The molecule has 1 atom stereocenters. The zero-order valence-corrected chi connectivity index (χ0v) is 15.3. The van der Waals surface area contributed by atoms with E-state index in [0.29, 0.717) is 13.1 Å². The van der Waals surface area contributed by atoms with Crippen molar-refractivity contribution >= 4 is 22.0 Å². The standard InChI is InChI=1S/C19H21BrN2O2/c1-24-19(23)22-13-11-21(12-14-22)18(15-5-3-2-4-6-15)16-7-9-17(20)10-8-16/h2-10,18H,11-14H2,1H3. The highest BCUT2D eigenvalue weighted by Gasteiger charge is 2.28. The van der Waals surface area contributed by atoms with Gasteiger partial charge < -0.3 is 9.64 Å². The second-order valence-corrected chi connectivity index (χ2v) is 6.77. The Labute approximate surface area is 151 Å². The van der Waals surface area contributed by atoms with E-state index in [2.05, 4.69) is 69.4 Å². The average molecular weight is 389 g/mol. The minimum absolute atomic E-state index is 0.194. The van der Waals surface area contributed by atoms with Crippen LogP contribution in [0, 0.1) is 0 Å². The minimum atomic E-state index is -0.241. The van der Waals surface area contributed by atoms with E-state index in [1.807, 2.05) is 6.07 Å². The number of hydrogen-bond donors (Lipinski definition) is 0. The highest BCUT2D eigenvalue weighted by atomic mass is 79.9. The fourth-order valence-electron chi connectivity index (χ4n) is 3.19. The van der Waals surface area contributed by atoms with E-state index in [4.69, 9.17) is 4.74 Å². The Kier molecular flexibility index (Phi) is 5.53. The molecule has 0 bridgehead atoms. The maximum atomic E-state index is 11.7. The second kappa shape index (κ2) is 7.81. The van der Waals surface area contributed by atoms with Gasteiger partial charge in [0.2, 0.25) is 0 Å². The first-order chi connectivity index (χ1) is 11.7. The molecule has 1 heterocycles. The number of nitrogens with zero attached hydrogens (tertiary/aromatic N) is 2. The fraction of sp³-hybridized carbons (Fsp3) is 0.316. The molecule has 0 N–H and O–H groups in total. The summed E-state index contributed by atoms with van der Waals surface area (Å²) in [5, 5.41) is 0. The Morgan fingerprint density at radius 2 is 1.54 bits per heavy atom. The molecule has 24 heavy (non-hydrogen) atoms. The molecule has 0 saturated carbocycles. The summed E-state index contributed by atoms with van der Waals surface area (Å²) >= 11 is 3.51. The van der Waals surface area contributed by atoms with Gasteiger partial charge in [0.25, 0.3) is 0 Å². The van der Waals surface area contributed by atoms with Crippen LogP contribution in [0.1, 0.15) is 17.2 Å². The zero-order chi connectivity index (χ0) is 16.9. The second-order valence-electron chi connectivity index (χ2n) is 5.86. The fourth-order valence-corrected chi connectivity index (χ4v) is 3.45. The molecule has 4 nitrogen and oxygen atoms in total. The van der Waals surface area contributed by atoms with Crippen molar-refractivity contribution in [3.63, 3.8) is 0 Å². The average Bonchev–Trinajstić information content (AvgIpc) is 2.64. The van der Waals surface area contributed by atoms with Crippen LogP contribution < -0.4 is 0 Å². The maximum Gasteiger partial charge on any atom is 0.409 e. The summed E-state index contributed by atoms with van der Waals surface area (Å²) < 4.78 is 5.91. The lowest BCUT2D eigenvalue weighted by Gasteiger charge is -2.39. The van der Waals surface area contributed by atoms with Crippen LogP contribution in [0.2, 0.25) is 0 Å². The van der Waals surface area contributed by atoms with Crippen LogP contribution in [-0.4, -0.2) is 49.2 Å². The van der Waals surface area contributed by atoms with Crippen LogP contribution in [0.4, 0.5) is 4.79 Å². The third kappa shape index (κ3) is 3.79. The summed E-state index contributed by atoms with van der Waals surface area (Å²) in [5.41, 5.74) is 2.53. The van der Waals surface area contributed by atoms with Crippen molar-refractivity contribution in [1.29, 1.82) is 0 Å². The van der Waals surface area contributed by atoms with Crippen LogP contribution in [0.15, 0.2) is 59.1 Å². The van der Waals surface area contributed by atoms with Gasteiger partial charge in [0.15, 0.2) is 0 Å². The molecule has 1 amide bonds. The summed E-state index contributed by atoms with van der Waals surface area (Å²) in [4.78, 5) is 15.9. The molecular formula is C19H21BrN2O2. The van der Waals surface area contributed by atoms with Gasteiger partial charge in [-0.25, -0.2) is 4.79 Å². The van der Waals surface area contributed by atoms with E-state index in [1.54, 1.807) is 4.90 Å². The first kappa shape index (κ1) is 17.0. The molecular weight excluding hydrogens is 368 g/mol. The number of hydrogen-bond acceptors (Lipinski definition) is 3. The molecule has 1 aliphatic rings. The molecule has 5 heteroatoms. The largest absolute Gasteiger partial charge is 0.453 e. The van der Waals surface area contributed by atoms with Crippen LogP contribution in [0.25, 0.3) is 0 Å². The lowest BCUT2D eigenvalue weighted by molar-refractivity contribution is 0.0812. The number of carbonyl (C=O) groups excluding carboxylic acids is 1. The van der Waals surface area contributed by atoms with Gasteiger partial charge in [-0.2, -0.15) is 0 Å². The monoisotopic (exact) mass is 388 g/mol. The quantitative estimate of drug-likeness (QED) is 0.798. The molecule has 1 aliphatic heterocycles. The normalized spacial score (nSPS) is 16.7. The van der Waals surface area contributed by atoms with Gasteiger partial charge in [-0.05, 0) is 23.3 Å². The topological polar surface area (TPSA) is 32.8 Å². The summed E-state index contributed by atoms with van der Waals surface area (Å²) in [6.45, 7) is 3.02. The number of carbonyl (C=O) groups is 1. The molecule has 0 aromatic heterocycles. The first-order valence-electron chi connectivity index (χ1n) is 8.06. The number of rotatable bonds is 3. The maximum absolute atomic E-state index is 11.7. The van der Waals surface area contributed by atoms with Crippen molar-refractivity contribution in [3.8, 4) is 0 Å². The summed E-state index contributed by atoms with van der Waals surface area (Å²) in [6, 6.07) is 19.2. The molecule has 0 spiro atoms. The molecule has 0 aliphatic carbocycles. The molecule has 3 rings (SSSR count). The number of piperazine rings is 1. The number of benzene rings is 2. The number of amides is 1. The van der Waals surface area contributed by atoms with Crippen LogP contribution in [0.5, 0.6) is 0 Å². The lowest BCUT2D eigenvalue weighted by atomic mass is 9.96. The summed E-state index contributed by atoms with van der Waals surface area (Å²) in [5.74, 6) is 0. The Morgan fingerprint density at radius 3 is 2.12 bits per heavy atom. The first-order valence-corrected chi connectivity index (χ1v) is 8.85. The number of ether oxygens (including phenoxy) is 1. The van der Waals surface area contributed by atoms with Gasteiger partial charge in [-0.3, -0.25) is 4.90 Å². The van der Waals surface area contributed by atoms with Gasteiger partial charge >= 0.3 is 6.09 Å². The smallest absolute Gasteiger partial charge is 0.409 e. The molecule has 2 aromatic carbocycles. The van der Waals surface area contributed by atoms with E-state index in [-0.39, 0.29) is 12.1 Å². The van der Waals surface area contributed by atoms with Gasteiger partial charge in [-0.15, -0.1) is 0 Å². The molecule has 126 valence electrons. The highest BCUT2D eigenvalue weighted by Crippen LogP contribution is 2.30. The Balaban J connectivity index is 1.84. The van der Waals surface area contributed by atoms with Crippen LogP contribution >= 0.6 is 15.9 Å². The summed E-state index contributed by atoms with van der Waals surface area (Å²) in [6.07, 6.45) is -0.241. The van der Waals surface area contributed by atoms with Crippen molar-refractivity contribution in [2.24, 2.45) is 0 Å². The third-order valence-corrected chi connectivity index (χ3v) is 4.94. The predicted molar refractivity (Wildman–Crippen MR) is 98.0 cm³/mol. The Morgan fingerprint density at radius 1 is 0.958 bits per heavy atom. The molecule has 2 aromatic rings. The highest BCUT2D eigenvalue weighted by molar-refractivity contribution is 9.10. The molecule has 0 radical (unpaired) electrons. The van der Waals surface area contributed by atoms with Crippen LogP contribution in [-0.2, 0) is 4.74 Å². The number of halogens is 1. The molecule has 1 saturated heterocycles. The van der Waals surface area contributed by atoms with Gasteiger partial charge in [0.1, 0.15) is 0 Å². The third-order valence-electron chi connectivity index (χ3n) is 4.41. The van der Waals surface area contributed by atoms with E-state index >= 15 is 0 Å². The summed E-state index contributed by atoms with van der Waals surface area (Å²) in [7, 11) is 1.43. The zero-order valence-electron chi connectivity index (χ0n) is 13.7. The van der Waals surface area contributed by atoms with Crippen molar-refractivity contribution < 1.29 is 9.53 Å². The van der Waals surface area contributed by atoms with Gasteiger partial charge in [0, 0.05) is 30.7 Å². The number of methoxy groups -OCH3 is 1. The van der Waals surface area contributed by atoms with E-state index < -0.39 is 0 Å². The van der Waals surface area contributed by atoms with Crippen molar-refractivity contribution in [1.82, 2.24) is 9.80 Å². The van der Waals surface area contributed by atoms with Crippen molar-refractivity contribution in [2.45, 2.75) is 6.04 Å². The molecule has 1 unspecified atom stereocenters. The Hall–Kier alpha value is -1.85. The van der Waals surface area contributed by atoms with E-state index in [0.717, 1.165) is 17.6 Å². The van der Waals surface area contributed by atoms with Gasteiger partial charge in [0.05, 0.1) is 13.2 Å². The predicted octanol–water partition coefficient (Wildman–Crippen LogP) is 3.92. The van der Waals surface area contributed by atoms with Crippen molar-refractivity contribution in [2.75, 3.05) is 33.3 Å². The van der Waals surface area contributed by atoms with E-state index in [1.165, 1.54) is 18.2 Å². The lowest BCUT2D eigenvalue weighted by Crippen LogP contribution is -2.49. The SMILES string of the molecule is COC(=O)N1CCN(C(c2ccccc2)c2ccc(Br)cc2)CC1.